The van der Waals surface area contributed by atoms with E-state index in [2.05, 4.69) is 4.98 Å². The molecule has 1 aromatic rings. The minimum absolute atomic E-state index is 0.190. The zero-order chi connectivity index (χ0) is 13.5. The predicted octanol–water partition coefficient (Wildman–Crippen LogP) is -0.455. The van der Waals surface area contributed by atoms with Gasteiger partial charge in [0.1, 0.15) is 11.7 Å². The number of rotatable bonds is 2. The molecule has 3 N–H and O–H groups in total. The molecule has 1 fully saturated rings. The van der Waals surface area contributed by atoms with Crippen molar-refractivity contribution in [2.45, 2.75) is 11.7 Å². The van der Waals surface area contributed by atoms with Crippen LogP contribution < -0.4 is 11.4 Å². The van der Waals surface area contributed by atoms with Gasteiger partial charge in [-0.2, -0.15) is 4.98 Å². The van der Waals surface area contributed by atoms with Crippen LogP contribution in [0.2, 0.25) is 0 Å². The Kier molecular flexibility index (Phi) is 2.47. The number of hydrogen-bond acceptors (Lipinski definition) is 6. The second kappa shape index (κ2) is 4.40. The monoisotopic (exact) mass is 249 g/mol. The molecule has 0 aromatic carbocycles. The fourth-order valence-electron chi connectivity index (χ4n) is 1.27. The normalized spacial score (nSPS) is 27.6. The van der Waals surface area contributed by atoms with Gasteiger partial charge in [-0.1, -0.05) is 0 Å². The van der Waals surface area contributed by atoms with Gasteiger partial charge in [-0.3, -0.25) is 4.57 Å². The first-order chi connectivity index (χ1) is 8.29. The van der Waals surface area contributed by atoms with Crippen LogP contribution in [0.3, 0.4) is 0 Å². The standard InChI is InChI=1S/C8H10FN3O3S/c9-4-1-12(8(14)11-7(4)10)5-3-16-6(2-13)15-5/h1,5-6,13H,2-3H2,(H2,10,11,14)/t5-,6+/m0/s1/i2D2. The molecule has 1 aliphatic rings. The van der Waals surface area contributed by atoms with Crippen LogP contribution in [0.5, 0.6) is 0 Å². The van der Waals surface area contributed by atoms with Crippen LogP contribution in [0.4, 0.5) is 10.2 Å². The van der Waals surface area contributed by atoms with Gasteiger partial charge in [0.15, 0.2) is 11.6 Å². The fraction of sp³-hybridized carbons (Fsp3) is 0.500. The SMILES string of the molecule is [2H]C([2H])(O)[C@@H]1O[C@H](n2cc(F)c(N)nc2=O)CS1. The number of thioether (sulfide) groups is 1. The van der Waals surface area contributed by atoms with Crippen LogP contribution in [-0.4, -0.2) is 32.4 Å². The molecule has 16 heavy (non-hydrogen) atoms. The predicted molar refractivity (Wildman–Crippen MR) is 56.3 cm³/mol. The van der Waals surface area contributed by atoms with E-state index in [0.717, 1.165) is 22.5 Å². The van der Waals surface area contributed by atoms with Crippen LogP contribution in [0.25, 0.3) is 0 Å². The second-order valence-corrected chi connectivity index (χ2v) is 4.14. The summed E-state index contributed by atoms with van der Waals surface area (Å²) < 4.78 is 33.4. The van der Waals surface area contributed by atoms with Crippen molar-refractivity contribution in [3.8, 4) is 0 Å². The summed E-state index contributed by atoms with van der Waals surface area (Å²) in [7, 11) is 0. The molecule has 1 saturated heterocycles. The number of nitrogen functional groups attached to an aromatic ring is 1. The van der Waals surface area contributed by atoms with Gasteiger partial charge in [0.25, 0.3) is 0 Å². The van der Waals surface area contributed by atoms with Crippen LogP contribution in [0, 0.1) is 5.82 Å². The average Bonchev–Trinajstić information content (AvgIpc) is 2.72. The molecule has 6 nitrogen and oxygen atoms in total. The number of nitrogens with two attached hydrogens (primary N) is 1. The van der Waals surface area contributed by atoms with Crippen LogP contribution >= 0.6 is 11.8 Å². The molecule has 0 radical (unpaired) electrons. The summed E-state index contributed by atoms with van der Waals surface area (Å²) in [6.45, 7) is -2.54. The molecule has 2 atom stereocenters. The number of anilines is 1. The molecule has 0 aliphatic carbocycles. The topological polar surface area (TPSA) is 90.4 Å². The van der Waals surface area contributed by atoms with E-state index in [1.54, 1.807) is 0 Å². The molecule has 1 aliphatic heterocycles. The third-order valence-corrected chi connectivity index (χ3v) is 3.02. The Labute approximate surface area is 97.0 Å². The van der Waals surface area contributed by atoms with Gasteiger partial charge in [0, 0.05) is 5.75 Å². The maximum atomic E-state index is 13.2. The summed E-state index contributed by atoms with van der Waals surface area (Å²) in [4.78, 5) is 14.8. The lowest BCUT2D eigenvalue weighted by atomic mass is 10.5. The molecular weight excluding hydrogens is 237 g/mol. The highest BCUT2D eigenvalue weighted by Crippen LogP contribution is 2.30. The molecule has 0 unspecified atom stereocenters. The second-order valence-electron chi connectivity index (χ2n) is 3.05. The summed E-state index contributed by atoms with van der Waals surface area (Å²) in [6, 6.07) is 0. The van der Waals surface area contributed by atoms with E-state index in [1.165, 1.54) is 0 Å². The quantitative estimate of drug-likeness (QED) is 0.737. The molecule has 8 heteroatoms. The zero-order valence-electron chi connectivity index (χ0n) is 9.96. The molecular formula is C8H10FN3O3S. The lowest BCUT2D eigenvalue weighted by molar-refractivity contribution is -0.00677. The summed E-state index contributed by atoms with van der Waals surface area (Å²) in [5.74, 6) is -1.18. The third-order valence-electron chi connectivity index (χ3n) is 2.02. The van der Waals surface area contributed by atoms with Crippen LogP contribution in [0.1, 0.15) is 8.97 Å². The van der Waals surface area contributed by atoms with Crippen molar-refractivity contribution in [1.29, 1.82) is 0 Å². The number of nitrogens with zero attached hydrogens (tertiary/aromatic N) is 2. The molecule has 88 valence electrons. The molecule has 0 amide bonds. The van der Waals surface area contributed by atoms with E-state index in [4.69, 9.17) is 18.3 Å². The minimum Gasteiger partial charge on any atom is -0.393 e. The van der Waals surface area contributed by atoms with Crippen molar-refractivity contribution in [1.82, 2.24) is 9.55 Å². The highest BCUT2D eigenvalue weighted by Gasteiger charge is 2.27. The Morgan fingerprint density at radius 1 is 1.94 bits per heavy atom. The lowest BCUT2D eigenvalue weighted by Crippen LogP contribution is -2.29. The number of hydrogen-bond donors (Lipinski definition) is 2. The first-order valence-electron chi connectivity index (χ1n) is 5.32. The van der Waals surface area contributed by atoms with E-state index >= 15 is 0 Å². The third kappa shape index (κ3) is 2.04. The Morgan fingerprint density at radius 2 is 2.69 bits per heavy atom. The van der Waals surface area contributed by atoms with Gasteiger partial charge in [-0.25, -0.2) is 9.18 Å². The van der Waals surface area contributed by atoms with E-state index in [-0.39, 0.29) is 5.75 Å². The van der Waals surface area contributed by atoms with Crippen molar-refractivity contribution < 1.29 is 17.0 Å². The van der Waals surface area contributed by atoms with Crippen LogP contribution in [-0.2, 0) is 4.74 Å². The number of ether oxygens (including phenoxy) is 1. The highest BCUT2D eigenvalue weighted by molar-refractivity contribution is 8.00. The molecule has 2 rings (SSSR count). The summed E-state index contributed by atoms with van der Waals surface area (Å²) in [5.41, 5.74) is 3.20. The zero-order valence-corrected chi connectivity index (χ0v) is 8.78. The number of aromatic nitrogens is 2. The Hall–Kier alpha value is -1.12. The van der Waals surface area contributed by atoms with Crippen molar-refractivity contribution in [2.24, 2.45) is 0 Å². The van der Waals surface area contributed by atoms with Crippen LogP contribution in [0.15, 0.2) is 11.0 Å². The van der Waals surface area contributed by atoms with Crippen molar-refractivity contribution in [3.63, 3.8) is 0 Å². The van der Waals surface area contributed by atoms with Gasteiger partial charge in [-0.05, 0) is 0 Å². The van der Waals surface area contributed by atoms with Gasteiger partial charge < -0.3 is 15.6 Å². The Balaban J connectivity index is 2.25. The van der Waals surface area contributed by atoms with Gasteiger partial charge in [0.05, 0.1) is 15.5 Å². The number of halogens is 1. The molecule has 2 heterocycles. The first-order valence-corrected chi connectivity index (χ1v) is 5.37. The van der Waals surface area contributed by atoms with E-state index in [0.29, 0.717) is 0 Å². The lowest BCUT2D eigenvalue weighted by Gasteiger charge is -2.13. The molecule has 0 spiro atoms. The highest BCUT2D eigenvalue weighted by atomic mass is 32.2. The molecule has 0 bridgehead atoms. The molecule has 0 saturated carbocycles. The summed E-state index contributed by atoms with van der Waals surface area (Å²) in [6.07, 6.45) is -0.0390. The van der Waals surface area contributed by atoms with Crippen molar-refractivity contribution in [2.75, 3.05) is 18.0 Å². The maximum absolute atomic E-state index is 13.2. The molecule has 1 aromatic heterocycles. The number of aliphatic hydroxyl groups is 1. The largest absolute Gasteiger partial charge is 0.393 e. The Morgan fingerprint density at radius 3 is 3.31 bits per heavy atom. The van der Waals surface area contributed by atoms with Gasteiger partial charge in [0.2, 0.25) is 0 Å². The maximum Gasteiger partial charge on any atom is 0.351 e. The first kappa shape index (κ1) is 8.97. The minimum atomic E-state index is -2.54. The smallest absolute Gasteiger partial charge is 0.351 e. The fourth-order valence-corrected chi connectivity index (χ4v) is 2.13. The van der Waals surface area contributed by atoms with Gasteiger partial charge in [-0.15, -0.1) is 11.8 Å². The average molecular weight is 249 g/mol. The van der Waals surface area contributed by atoms with E-state index in [1.807, 2.05) is 0 Å². The van der Waals surface area contributed by atoms with E-state index < -0.39 is 35.5 Å². The summed E-state index contributed by atoms with van der Waals surface area (Å²) >= 11 is 0.983. The van der Waals surface area contributed by atoms with Gasteiger partial charge >= 0.3 is 5.69 Å². The summed E-state index contributed by atoms with van der Waals surface area (Å²) in [5, 5.41) is 9.14. The van der Waals surface area contributed by atoms with Crippen molar-refractivity contribution >= 4 is 17.6 Å². The Bertz CT molecular complexity index is 521. The van der Waals surface area contributed by atoms with E-state index in [9.17, 15) is 9.18 Å². The van der Waals surface area contributed by atoms with Crippen molar-refractivity contribution in [3.05, 3.63) is 22.5 Å².